The number of aromatic amines is 1. The number of nitrogens with one attached hydrogen (secondary N) is 2. The molecule has 2 heterocycles. The van der Waals surface area contributed by atoms with Crippen molar-refractivity contribution in [2.45, 2.75) is 13.3 Å². The van der Waals surface area contributed by atoms with Crippen molar-refractivity contribution in [2.75, 3.05) is 40.4 Å². The molecule has 1 aliphatic heterocycles. The van der Waals surface area contributed by atoms with E-state index >= 15 is 0 Å². The van der Waals surface area contributed by atoms with E-state index in [4.69, 9.17) is 9.47 Å². The molecule has 1 saturated heterocycles. The second kappa shape index (κ2) is 9.41. The Hall–Kier alpha value is -2.70. The Kier molecular flexibility index (Phi) is 6.90. The fourth-order valence-corrected chi connectivity index (χ4v) is 4.04. The van der Waals surface area contributed by atoms with Crippen molar-refractivity contribution in [3.63, 3.8) is 0 Å². The van der Waals surface area contributed by atoms with Crippen molar-refractivity contribution in [2.24, 2.45) is 0 Å². The molecule has 3 aromatic rings. The highest BCUT2D eigenvalue weighted by Crippen LogP contribution is 2.36. The lowest BCUT2D eigenvalue weighted by Crippen LogP contribution is -2.46. The van der Waals surface area contributed by atoms with Crippen molar-refractivity contribution in [1.82, 2.24) is 15.2 Å². The molecule has 1 fully saturated rings. The smallest absolute Gasteiger partial charge is 0.253 e. The predicted octanol–water partition coefficient (Wildman–Crippen LogP) is 3.88. The first-order chi connectivity index (χ1) is 14.2. The number of nitrogens with zero attached hydrogens (tertiary/aromatic N) is 1. The number of aromatic nitrogens is 1. The minimum absolute atomic E-state index is 0. The number of carbonyl (C=O) groups is 1. The standard InChI is InChI=1S/C23H27N3O3.ClH/c1-4-17-18-13-16(23(27)26-11-9-24-10-12-26)5-7-19(18)25-22(17)15-6-8-20(28-2)21(14-15)29-3;/h5-8,13-14,24-25H,4,9-12H2,1-3H3;1H. The highest BCUT2D eigenvalue weighted by molar-refractivity contribution is 6.00. The van der Waals surface area contributed by atoms with Crippen LogP contribution in [0, 0.1) is 0 Å². The Morgan fingerprint density at radius 3 is 2.43 bits per heavy atom. The third-order valence-electron chi connectivity index (χ3n) is 5.58. The minimum Gasteiger partial charge on any atom is -0.493 e. The Morgan fingerprint density at radius 1 is 1.03 bits per heavy atom. The Labute approximate surface area is 183 Å². The van der Waals surface area contributed by atoms with Gasteiger partial charge in [0.25, 0.3) is 5.91 Å². The largest absolute Gasteiger partial charge is 0.493 e. The van der Waals surface area contributed by atoms with Gasteiger partial charge in [0, 0.05) is 53.9 Å². The van der Waals surface area contributed by atoms with Gasteiger partial charge in [-0.15, -0.1) is 12.4 Å². The lowest BCUT2D eigenvalue weighted by atomic mass is 10.0. The first-order valence-corrected chi connectivity index (χ1v) is 10.0. The number of benzene rings is 2. The van der Waals surface area contributed by atoms with Gasteiger partial charge in [0.2, 0.25) is 0 Å². The molecule has 0 aliphatic carbocycles. The van der Waals surface area contributed by atoms with Crippen LogP contribution in [0.5, 0.6) is 11.5 Å². The molecule has 4 rings (SSSR count). The Balaban J connectivity index is 0.00000256. The molecule has 6 nitrogen and oxygen atoms in total. The second-order valence-electron chi connectivity index (χ2n) is 7.20. The summed E-state index contributed by atoms with van der Waals surface area (Å²) >= 11 is 0. The average Bonchev–Trinajstić information content (AvgIpc) is 3.16. The molecule has 1 aliphatic rings. The van der Waals surface area contributed by atoms with Crippen LogP contribution in [0.15, 0.2) is 36.4 Å². The Bertz CT molecular complexity index is 1040. The van der Waals surface area contributed by atoms with Gasteiger partial charge in [-0.2, -0.15) is 0 Å². The van der Waals surface area contributed by atoms with Crippen LogP contribution in [0.1, 0.15) is 22.8 Å². The van der Waals surface area contributed by atoms with E-state index in [0.29, 0.717) is 11.5 Å². The molecule has 0 atom stereocenters. The molecule has 0 unspecified atom stereocenters. The molecule has 0 bridgehead atoms. The van der Waals surface area contributed by atoms with Crippen LogP contribution in [0.3, 0.4) is 0 Å². The highest BCUT2D eigenvalue weighted by atomic mass is 35.5. The lowest BCUT2D eigenvalue weighted by molar-refractivity contribution is 0.0736. The summed E-state index contributed by atoms with van der Waals surface area (Å²) in [5, 5.41) is 4.39. The summed E-state index contributed by atoms with van der Waals surface area (Å²) < 4.78 is 10.8. The van der Waals surface area contributed by atoms with Crippen LogP contribution >= 0.6 is 12.4 Å². The number of aryl methyl sites for hydroxylation is 1. The zero-order valence-corrected chi connectivity index (χ0v) is 18.4. The van der Waals surface area contributed by atoms with Gasteiger partial charge in [-0.25, -0.2) is 0 Å². The highest BCUT2D eigenvalue weighted by Gasteiger charge is 2.20. The monoisotopic (exact) mass is 429 g/mol. The molecule has 0 spiro atoms. The fraction of sp³-hybridized carbons (Fsp3) is 0.348. The van der Waals surface area contributed by atoms with Gasteiger partial charge < -0.3 is 24.7 Å². The van der Waals surface area contributed by atoms with E-state index < -0.39 is 0 Å². The summed E-state index contributed by atoms with van der Waals surface area (Å²) in [6, 6.07) is 11.9. The summed E-state index contributed by atoms with van der Waals surface area (Å²) in [7, 11) is 3.27. The maximum absolute atomic E-state index is 12.9. The minimum atomic E-state index is 0. The zero-order valence-electron chi connectivity index (χ0n) is 17.6. The quantitative estimate of drug-likeness (QED) is 0.645. The number of fused-ring (bicyclic) bond motifs is 1. The average molecular weight is 430 g/mol. The molecule has 2 aromatic carbocycles. The number of amides is 1. The van der Waals surface area contributed by atoms with Crippen molar-refractivity contribution in [3.8, 4) is 22.8 Å². The van der Waals surface area contributed by atoms with Crippen LogP contribution in [-0.4, -0.2) is 56.2 Å². The van der Waals surface area contributed by atoms with Crippen LogP contribution in [-0.2, 0) is 6.42 Å². The molecule has 2 N–H and O–H groups in total. The van der Waals surface area contributed by atoms with Gasteiger partial charge in [-0.1, -0.05) is 6.92 Å². The number of piperazine rings is 1. The van der Waals surface area contributed by atoms with E-state index in [-0.39, 0.29) is 18.3 Å². The molecule has 160 valence electrons. The molecule has 0 radical (unpaired) electrons. The van der Waals surface area contributed by atoms with Crippen molar-refractivity contribution >= 4 is 29.2 Å². The van der Waals surface area contributed by atoms with Crippen molar-refractivity contribution in [3.05, 3.63) is 47.5 Å². The van der Waals surface area contributed by atoms with E-state index in [1.54, 1.807) is 14.2 Å². The van der Waals surface area contributed by atoms with E-state index in [9.17, 15) is 4.79 Å². The molecular formula is C23H28ClN3O3. The predicted molar refractivity (Wildman–Crippen MR) is 122 cm³/mol. The van der Waals surface area contributed by atoms with E-state index in [2.05, 4.69) is 17.2 Å². The summed E-state index contributed by atoms with van der Waals surface area (Å²) in [5.41, 5.74) is 5.05. The lowest BCUT2D eigenvalue weighted by Gasteiger charge is -2.27. The molecular weight excluding hydrogens is 402 g/mol. The number of rotatable bonds is 5. The maximum atomic E-state index is 12.9. The fourth-order valence-electron chi connectivity index (χ4n) is 4.04. The Morgan fingerprint density at radius 2 is 1.77 bits per heavy atom. The second-order valence-corrected chi connectivity index (χ2v) is 7.20. The van der Waals surface area contributed by atoms with Gasteiger partial charge >= 0.3 is 0 Å². The van der Waals surface area contributed by atoms with E-state index in [0.717, 1.165) is 60.3 Å². The maximum Gasteiger partial charge on any atom is 0.253 e. The third-order valence-corrected chi connectivity index (χ3v) is 5.58. The van der Waals surface area contributed by atoms with Gasteiger partial charge in [0.05, 0.1) is 14.2 Å². The number of ether oxygens (including phenoxy) is 2. The van der Waals surface area contributed by atoms with Crippen LogP contribution in [0.25, 0.3) is 22.2 Å². The summed E-state index contributed by atoms with van der Waals surface area (Å²) in [4.78, 5) is 18.4. The molecule has 1 amide bonds. The SMILES string of the molecule is CCc1c(-c2ccc(OC)c(OC)c2)[nH]c2ccc(C(=O)N3CCNCC3)cc12.Cl. The van der Waals surface area contributed by atoms with Crippen LogP contribution in [0.4, 0.5) is 0 Å². The number of carbonyl (C=O) groups excluding carboxylic acids is 1. The van der Waals surface area contributed by atoms with Crippen molar-refractivity contribution in [1.29, 1.82) is 0 Å². The summed E-state index contributed by atoms with van der Waals surface area (Å²) in [6.07, 6.45) is 0.856. The van der Waals surface area contributed by atoms with Gasteiger partial charge in [0.15, 0.2) is 11.5 Å². The molecule has 30 heavy (non-hydrogen) atoms. The van der Waals surface area contributed by atoms with Gasteiger partial charge in [-0.3, -0.25) is 4.79 Å². The number of hydrogen-bond acceptors (Lipinski definition) is 4. The number of methoxy groups -OCH3 is 2. The number of H-pyrrole nitrogens is 1. The molecule has 7 heteroatoms. The van der Waals surface area contributed by atoms with Crippen LogP contribution < -0.4 is 14.8 Å². The zero-order chi connectivity index (χ0) is 20.4. The van der Waals surface area contributed by atoms with E-state index in [1.807, 2.05) is 41.3 Å². The van der Waals surface area contributed by atoms with E-state index in [1.165, 1.54) is 5.56 Å². The summed E-state index contributed by atoms with van der Waals surface area (Å²) in [6.45, 7) is 5.34. The first kappa shape index (κ1) is 22.0. The molecule has 1 aromatic heterocycles. The topological polar surface area (TPSA) is 66.6 Å². The van der Waals surface area contributed by atoms with Crippen LogP contribution in [0.2, 0.25) is 0 Å². The third kappa shape index (κ3) is 3.98. The summed E-state index contributed by atoms with van der Waals surface area (Å²) in [5.74, 6) is 1.50. The normalized spacial score (nSPS) is 13.8. The molecule has 0 saturated carbocycles. The van der Waals surface area contributed by atoms with Gasteiger partial charge in [0.1, 0.15) is 0 Å². The first-order valence-electron chi connectivity index (χ1n) is 10.0. The van der Waals surface area contributed by atoms with Gasteiger partial charge in [-0.05, 0) is 48.4 Å². The number of hydrogen-bond donors (Lipinski definition) is 2. The van der Waals surface area contributed by atoms with Crippen molar-refractivity contribution < 1.29 is 14.3 Å². The number of halogens is 1.